The first-order valence-corrected chi connectivity index (χ1v) is 4.58. The van der Waals surface area contributed by atoms with Crippen LogP contribution in [0.1, 0.15) is 41.0 Å². The second kappa shape index (κ2) is 5.56. The molecule has 0 amide bonds. The minimum atomic E-state index is -0.401. The summed E-state index contributed by atoms with van der Waals surface area (Å²) >= 11 is 0. The first kappa shape index (κ1) is 16.2. The fraction of sp³-hybridized carbons (Fsp3) is 0.900. The first-order chi connectivity index (χ1) is 5.66. The molecule has 0 atom stereocenters. The molecule has 86 valence electrons. The summed E-state index contributed by atoms with van der Waals surface area (Å²) in [6.45, 7) is 9.99. The van der Waals surface area contributed by atoms with Crippen molar-refractivity contribution in [2.75, 3.05) is 6.54 Å². The molecule has 0 aliphatic carbocycles. The molecule has 0 heterocycles. The molecule has 0 aromatic heterocycles. The van der Waals surface area contributed by atoms with Crippen molar-refractivity contribution < 1.29 is 9.53 Å². The Bertz CT molecular complexity index is 185. The number of hydrogen-bond donors (Lipinski definition) is 1. The largest absolute Gasteiger partial charge is 0.460 e. The van der Waals surface area contributed by atoms with Gasteiger partial charge in [0.25, 0.3) is 0 Å². The fourth-order valence-corrected chi connectivity index (χ4v) is 0.840. The predicted molar refractivity (Wildman–Crippen MR) is 60.5 cm³/mol. The molecule has 4 heteroatoms. The topological polar surface area (TPSA) is 52.3 Å². The summed E-state index contributed by atoms with van der Waals surface area (Å²) in [4.78, 5) is 11.4. The predicted octanol–water partition coefficient (Wildman–Crippen LogP) is 2.12. The summed E-state index contributed by atoms with van der Waals surface area (Å²) in [5.41, 5.74) is 4.95. The SMILES string of the molecule is CC(C)(CN)CC(=O)OC(C)(C)C.Cl. The Balaban J connectivity index is 0. The lowest BCUT2D eigenvalue weighted by molar-refractivity contribution is -0.157. The summed E-state index contributed by atoms with van der Waals surface area (Å²) in [6.07, 6.45) is 0.376. The van der Waals surface area contributed by atoms with Crippen molar-refractivity contribution in [2.45, 2.75) is 46.6 Å². The van der Waals surface area contributed by atoms with E-state index in [-0.39, 0.29) is 23.8 Å². The second-order valence-corrected chi connectivity index (χ2v) is 5.13. The van der Waals surface area contributed by atoms with Crippen LogP contribution in [0.2, 0.25) is 0 Å². The third-order valence-electron chi connectivity index (χ3n) is 1.60. The summed E-state index contributed by atoms with van der Waals surface area (Å²) in [7, 11) is 0. The van der Waals surface area contributed by atoms with Gasteiger partial charge < -0.3 is 10.5 Å². The van der Waals surface area contributed by atoms with Gasteiger partial charge in [0, 0.05) is 0 Å². The van der Waals surface area contributed by atoms with Crippen LogP contribution in [0, 0.1) is 5.41 Å². The maximum absolute atomic E-state index is 11.4. The van der Waals surface area contributed by atoms with E-state index in [1.165, 1.54) is 0 Å². The van der Waals surface area contributed by atoms with Crippen molar-refractivity contribution in [3.63, 3.8) is 0 Å². The number of ether oxygens (including phenoxy) is 1. The van der Waals surface area contributed by atoms with E-state index in [0.717, 1.165) is 0 Å². The molecule has 0 saturated carbocycles. The molecule has 0 aliphatic rings. The second-order valence-electron chi connectivity index (χ2n) is 5.13. The maximum Gasteiger partial charge on any atom is 0.306 e. The summed E-state index contributed by atoms with van der Waals surface area (Å²) < 4.78 is 5.18. The van der Waals surface area contributed by atoms with E-state index in [2.05, 4.69) is 0 Å². The molecule has 2 N–H and O–H groups in total. The number of rotatable bonds is 3. The number of esters is 1. The van der Waals surface area contributed by atoms with Gasteiger partial charge >= 0.3 is 5.97 Å². The lowest BCUT2D eigenvalue weighted by Gasteiger charge is -2.25. The van der Waals surface area contributed by atoms with Gasteiger partial charge in [-0.25, -0.2) is 0 Å². The van der Waals surface area contributed by atoms with Crippen LogP contribution in [0.4, 0.5) is 0 Å². The normalized spacial score (nSPS) is 11.9. The van der Waals surface area contributed by atoms with Gasteiger partial charge in [-0.1, -0.05) is 13.8 Å². The van der Waals surface area contributed by atoms with Crippen molar-refractivity contribution >= 4 is 18.4 Å². The number of hydrogen-bond acceptors (Lipinski definition) is 3. The summed E-state index contributed by atoms with van der Waals surface area (Å²) in [6, 6.07) is 0. The maximum atomic E-state index is 11.4. The molecule has 0 spiro atoms. The highest BCUT2D eigenvalue weighted by atomic mass is 35.5. The number of carbonyl (C=O) groups is 1. The van der Waals surface area contributed by atoms with Crippen molar-refractivity contribution in [1.82, 2.24) is 0 Å². The van der Waals surface area contributed by atoms with Crippen LogP contribution in [0.5, 0.6) is 0 Å². The van der Waals surface area contributed by atoms with Gasteiger partial charge in [0.1, 0.15) is 5.60 Å². The molecule has 3 nitrogen and oxygen atoms in total. The standard InChI is InChI=1S/C10H21NO2.ClH/c1-9(2,3)13-8(12)6-10(4,5)7-11;/h6-7,11H2,1-5H3;1H. The Kier molecular flexibility index (Phi) is 6.42. The average Bonchev–Trinajstić information content (AvgIpc) is 1.81. The number of nitrogens with two attached hydrogens (primary N) is 1. The molecule has 0 aromatic carbocycles. The highest BCUT2D eigenvalue weighted by Gasteiger charge is 2.24. The van der Waals surface area contributed by atoms with Gasteiger partial charge in [-0.05, 0) is 32.7 Å². The Hall–Kier alpha value is -0.280. The van der Waals surface area contributed by atoms with E-state index >= 15 is 0 Å². The lowest BCUT2D eigenvalue weighted by Crippen LogP contribution is -2.31. The van der Waals surface area contributed by atoms with Gasteiger partial charge in [0.2, 0.25) is 0 Å². The van der Waals surface area contributed by atoms with Crippen LogP contribution in [0.15, 0.2) is 0 Å². The molecule has 0 fully saturated rings. The van der Waals surface area contributed by atoms with Gasteiger partial charge in [-0.15, -0.1) is 12.4 Å². The van der Waals surface area contributed by atoms with Crippen molar-refractivity contribution in [3.05, 3.63) is 0 Å². The van der Waals surface area contributed by atoms with Crippen LogP contribution in [-0.2, 0) is 9.53 Å². The van der Waals surface area contributed by atoms with Crippen molar-refractivity contribution in [3.8, 4) is 0 Å². The molecule has 0 bridgehead atoms. The Morgan fingerprint density at radius 3 is 1.93 bits per heavy atom. The zero-order valence-electron chi connectivity index (χ0n) is 9.72. The van der Waals surface area contributed by atoms with E-state index in [1.807, 2.05) is 34.6 Å². The highest BCUT2D eigenvalue weighted by molar-refractivity contribution is 5.85. The van der Waals surface area contributed by atoms with E-state index in [0.29, 0.717) is 13.0 Å². The van der Waals surface area contributed by atoms with Crippen LogP contribution < -0.4 is 5.73 Å². The molecule has 0 unspecified atom stereocenters. The zero-order valence-corrected chi connectivity index (χ0v) is 10.5. The number of carbonyl (C=O) groups excluding carboxylic acids is 1. The molecular weight excluding hydrogens is 202 g/mol. The molecule has 14 heavy (non-hydrogen) atoms. The summed E-state index contributed by atoms with van der Waals surface area (Å²) in [5, 5.41) is 0. The first-order valence-electron chi connectivity index (χ1n) is 4.58. The molecule has 0 aliphatic heterocycles. The van der Waals surface area contributed by atoms with Crippen LogP contribution in [0.3, 0.4) is 0 Å². The molecule has 0 radical (unpaired) electrons. The quantitative estimate of drug-likeness (QED) is 0.746. The third kappa shape index (κ3) is 8.32. The van der Waals surface area contributed by atoms with Gasteiger partial charge in [-0.3, -0.25) is 4.79 Å². The lowest BCUT2D eigenvalue weighted by atomic mass is 9.90. The monoisotopic (exact) mass is 223 g/mol. The minimum Gasteiger partial charge on any atom is -0.460 e. The fourth-order valence-electron chi connectivity index (χ4n) is 0.840. The van der Waals surface area contributed by atoms with Crippen molar-refractivity contribution in [1.29, 1.82) is 0 Å². The molecule has 0 saturated heterocycles. The van der Waals surface area contributed by atoms with Crippen LogP contribution in [-0.4, -0.2) is 18.1 Å². The van der Waals surface area contributed by atoms with Crippen LogP contribution >= 0.6 is 12.4 Å². The zero-order chi connectivity index (χ0) is 10.7. The van der Waals surface area contributed by atoms with Crippen molar-refractivity contribution in [2.24, 2.45) is 11.1 Å². The Labute approximate surface area is 92.8 Å². The van der Waals surface area contributed by atoms with Gasteiger partial charge in [-0.2, -0.15) is 0 Å². The summed E-state index contributed by atoms with van der Waals surface area (Å²) in [5.74, 6) is -0.178. The van der Waals surface area contributed by atoms with Gasteiger partial charge in [0.05, 0.1) is 6.42 Å². The van der Waals surface area contributed by atoms with E-state index in [1.54, 1.807) is 0 Å². The molecule has 0 rings (SSSR count). The molecular formula is C10H22ClNO2. The third-order valence-corrected chi connectivity index (χ3v) is 1.60. The van der Waals surface area contributed by atoms with E-state index in [9.17, 15) is 4.79 Å². The van der Waals surface area contributed by atoms with Gasteiger partial charge in [0.15, 0.2) is 0 Å². The Morgan fingerprint density at radius 2 is 1.64 bits per heavy atom. The smallest absolute Gasteiger partial charge is 0.306 e. The van der Waals surface area contributed by atoms with E-state index in [4.69, 9.17) is 10.5 Å². The highest BCUT2D eigenvalue weighted by Crippen LogP contribution is 2.20. The average molecular weight is 224 g/mol. The van der Waals surface area contributed by atoms with Crippen LogP contribution in [0.25, 0.3) is 0 Å². The minimum absolute atomic E-state index is 0. The molecule has 0 aromatic rings. The van der Waals surface area contributed by atoms with E-state index < -0.39 is 5.60 Å². The Morgan fingerprint density at radius 1 is 1.21 bits per heavy atom. The number of halogens is 1.